The average Bonchev–Trinajstić information content (AvgIpc) is 2.06. The van der Waals surface area contributed by atoms with Gasteiger partial charge in [0.25, 0.3) is 0 Å². The lowest BCUT2D eigenvalue weighted by Gasteiger charge is -2.11. The Morgan fingerprint density at radius 1 is 1.36 bits per heavy atom. The van der Waals surface area contributed by atoms with E-state index >= 15 is 0 Å². The van der Waals surface area contributed by atoms with Gasteiger partial charge in [0.05, 0.1) is 11.1 Å². The second-order valence-electron chi connectivity index (χ2n) is 3.10. The maximum absolute atomic E-state index is 12.4. The van der Waals surface area contributed by atoms with Crippen molar-refractivity contribution in [2.24, 2.45) is 0 Å². The Bertz CT molecular complexity index is 296. The summed E-state index contributed by atoms with van der Waals surface area (Å²) >= 11 is 3.26. The van der Waals surface area contributed by atoms with E-state index in [1.165, 1.54) is 0 Å². The van der Waals surface area contributed by atoms with E-state index in [0.717, 1.165) is 11.4 Å². The van der Waals surface area contributed by atoms with Gasteiger partial charge in [0.2, 0.25) is 5.92 Å². The summed E-state index contributed by atoms with van der Waals surface area (Å²) in [5, 5.41) is 0. The highest BCUT2D eigenvalue weighted by molar-refractivity contribution is 9.10. The maximum atomic E-state index is 12.4. The molecule has 0 N–H and O–H groups in total. The van der Waals surface area contributed by atoms with E-state index in [-0.39, 0.29) is 13.0 Å². The van der Waals surface area contributed by atoms with Crippen LogP contribution in [0.2, 0.25) is 0 Å². The Hall–Kier alpha value is -0.640. The lowest BCUT2D eigenvalue weighted by Crippen LogP contribution is -2.14. The number of benzene rings is 1. The van der Waals surface area contributed by atoms with Crippen LogP contribution in [-0.2, 0) is 0 Å². The second-order valence-corrected chi connectivity index (χ2v) is 3.95. The summed E-state index contributed by atoms with van der Waals surface area (Å²) in [5.41, 5.74) is 0. The van der Waals surface area contributed by atoms with Gasteiger partial charge in [-0.25, -0.2) is 8.78 Å². The minimum absolute atomic E-state index is 0.0200. The van der Waals surface area contributed by atoms with Crippen molar-refractivity contribution in [3.8, 4) is 5.75 Å². The van der Waals surface area contributed by atoms with Gasteiger partial charge in [0.1, 0.15) is 5.75 Å². The molecule has 0 bridgehead atoms. The molecular weight excluding hydrogens is 254 g/mol. The molecule has 0 atom stereocenters. The molecule has 0 radical (unpaired) electrons. The van der Waals surface area contributed by atoms with Crippen LogP contribution in [-0.4, -0.2) is 12.5 Å². The summed E-state index contributed by atoms with van der Waals surface area (Å²) in [7, 11) is 0. The first-order valence-electron chi connectivity index (χ1n) is 4.24. The van der Waals surface area contributed by atoms with E-state index in [1.54, 1.807) is 18.2 Å². The highest BCUT2D eigenvalue weighted by Crippen LogP contribution is 2.25. The van der Waals surface area contributed by atoms with Crippen molar-refractivity contribution in [2.45, 2.75) is 19.3 Å². The molecule has 0 fully saturated rings. The van der Waals surface area contributed by atoms with Crippen LogP contribution in [0.25, 0.3) is 0 Å². The molecule has 14 heavy (non-hydrogen) atoms. The second kappa shape index (κ2) is 4.73. The molecule has 4 heteroatoms. The monoisotopic (exact) mass is 264 g/mol. The van der Waals surface area contributed by atoms with Crippen molar-refractivity contribution in [3.05, 3.63) is 28.7 Å². The molecule has 1 aromatic carbocycles. The van der Waals surface area contributed by atoms with Gasteiger partial charge in [-0.05, 0) is 35.0 Å². The predicted octanol–water partition coefficient (Wildman–Crippen LogP) is 3.87. The van der Waals surface area contributed by atoms with Crippen LogP contribution in [0.1, 0.15) is 13.3 Å². The number of halogens is 3. The summed E-state index contributed by atoms with van der Waals surface area (Å²) < 4.78 is 30.8. The van der Waals surface area contributed by atoms with Crippen LogP contribution < -0.4 is 4.74 Å². The zero-order valence-electron chi connectivity index (χ0n) is 7.77. The van der Waals surface area contributed by atoms with Gasteiger partial charge in [-0.1, -0.05) is 12.1 Å². The Labute approximate surface area is 90.2 Å². The third kappa shape index (κ3) is 4.05. The van der Waals surface area contributed by atoms with E-state index in [9.17, 15) is 8.78 Å². The summed E-state index contributed by atoms with van der Waals surface area (Å²) in [6, 6.07) is 7.17. The maximum Gasteiger partial charge on any atom is 0.248 e. The largest absolute Gasteiger partial charge is 0.492 e. The number of hydrogen-bond donors (Lipinski definition) is 0. The average molecular weight is 265 g/mol. The first kappa shape index (κ1) is 11.4. The highest BCUT2D eigenvalue weighted by Gasteiger charge is 2.20. The van der Waals surface area contributed by atoms with E-state index in [4.69, 9.17) is 4.74 Å². The van der Waals surface area contributed by atoms with Crippen LogP contribution in [0, 0.1) is 0 Å². The van der Waals surface area contributed by atoms with E-state index in [1.807, 2.05) is 6.07 Å². The Kier molecular flexibility index (Phi) is 3.86. The van der Waals surface area contributed by atoms with Gasteiger partial charge >= 0.3 is 0 Å². The van der Waals surface area contributed by atoms with Crippen molar-refractivity contribution in [1.29, 1.82) is 0 Å². The molecule has 1 nitrogen and oxygen atoms in total. The van der Waals surface area contributed by atoms with Crippen molar-refractivity contribution >= 4 is 15.9 Å². The fraction of sp³-hybridized carbons (Fsp3) is 0.400. The fourth-order valence-corrected chi connectivity index (χ4v) is 1.30. The van der Waals surface area contributed by atoms with Crippen LogP contribution in [0.15, 0.2) is 28.7 Å². The fourth-order valence-electron chi connectivity index (χ4n) is 0.902. The number of hydrogen-bond acceptors (Lipinski definition) is 1. The minimum Gasteiger partial charge on any atom is -0.492 e. The minimum atomic E-state index is -2.67. The molecule has 0 aliphatic carbocycles. The van der Waals surface area contributed by atoms with Crippen LogP contribution in [0.4, 0.5) is 8.78 Å². The number of rotatable bonds is 4. The first-order chi connectivity index (χ1) is 6.49. The summed E-state index contributed by atoms with van der Waals surface area (Å²) in [4.78, 5) is 0. The van der Waals surface area contributed by atoms with Crippen molar-refractivity contribution in [2.75, 3.05) is 6.61 Å². The zero-order chi connectivity index (χ0) is 10.6. The highest BCUT2D eigenvalue weighted by atomic mass is 79.9. The quantitative estimate of drug-likeness (QED) is 0.802. The third-order valence-corrected chi connectivity index (χ3v) is 2.29. The van der Waals surface area contributed by atoms with Crippen LogP contribution >= 0.6 is 15.9 Å². The normalized spacial score (nSPS) is 11.4. The SMILES string of the molecule is CC(F)(F)CCOc1ccccc1Br. The molecule has 0 unspecified atom stereocenters. The van der Waals surface area contributed by atoms with Crippen molar-refractivity contribution in [3.63, 3.8) is 0 Å². The number of alkyl halides is 2. The summed E-state index contributed by atoms with van der Waals surface area (Å²) in [5.74, 6) is -2.07. The molecule has 1 aromatic rings. The third-order valence-electron chi connectivity index (χ3n) is 1.64. The smallest absolute Gasteiger partial charge is 0.248 e. The van der Waals surface area contributed by atoms with Crippen LogP contribution in [0.5, 0.6) is 5.75 Å². The molecule has 0 spiro atoms. The Balaban J connectivity index is 2.43. The lowest BCUT2D eigenvalue weighted by molar-refractivity contribution is 0.000793. The Morgan fingerprint density at radius 3 is 2.57 bits per heavy atom. The molecule has 78 valence electrons. The molecular formula is C10H11BrF2O. The molecule has 0 saturated heterocycles. The molecule has 1 rings (SSSR count). The molecule has 0 aliphatic rings. The van der Waals surface area contributed by atoms with Crippen molar-refractivity contribution < 1.29 is 13.5 Å². The first-order valence-corrected chi connectivity index (χ1v) is 5.03. The van der Waals surface area contributed by atoms with Gasteiger partial charge in [-0.2, -0.15) is 0 Å². The van der Waals surface area contributed by atoms with Gasteiger partial charge in [-0.15, -0.1) is 0 Å². The topological polar surface area (TPSA) is 9.23 Å². The van der Waals surface area contributed by atoms with E-state index < -0.39 is 5.92 Å². The van der Waals surface area contributed by atoms with Crippen molar-refractivity contribution in [1.82, 2.24) is 0 Å². The van der Waals surface area contributed by atoms with Gasteiger partial charge in [0.15, 0.2) is 0 Å². The Morgan fingerprint density at radius 2 is 2.00 bits per heavy atom. The van der Waals surface area contributed by atoms with E-state index in [0.29, 0.717) is 5.75 Å². The van der Waals surface area contributed by atoms with Gasteiger partial charge in [0, 0.05) is 6.42 Å². The molecule has 0 aromatic heterocycles. The lowest BCUT2D eigenvalue weighted by atomic mass is 10.3. The molecule has 0 aliphatic heterocycles. The van der Waals surface area contributed by atoms with E-state index in [2.05, 4.69) is 15.9 Å². The van der Waals surface area contributed by atoms with Crippen LogP contribution in [0.3, 0.4) is 0 Å². The molecule has 0 saturated carbocycles. The predicted molar refractivity (Wildman–Crippen MR) is 54.9 cm³/mol. The molecule has 0 amide bonds. The summed E-state index contributed by atoms with van der Waals surface area (Å²) in [6.07, 6.45) is -0.270. The summed E-state index contributed by atoms with van der Waals surface area (Å²) in [6.45, 7) is 0.905. The van der Waals surface area contributed by atoms with Gasteiger partial charge < -0.3 is 4.74 Å². The molecule has 0 heterocycles. The van der Waals surface area contributed by atoms with Gasteiger partial charge in [-0.3, -0.25) is 0 Å². The number of ether oxygens (including phenoxy) is 1. The zero-order valence-corrected chi connectivity index (χ0v) is 9.35. The standard InChI is InChI=1S/C10H11BrF2O/c1-10(12,13)6-7-14-9-5-3-2-4-8(9)11/h2-5H,6-7H2,1H3. The number of para-hydroxylation sites is 1.